The fourth-order valence-electron chi connectivity index (χ4n) is 1.66. The normalized spacial score (nSPS) is 11.5. The van der Waals surface area contributed by atoms with Crippen molar-refractivity contribution in [1.82, 2.24) is 15.5 Å². The number of anilines is 1. The van der Waals surface area contributed by atoms with E-state index < -0.39 is 10.0 Å². The van der Waals surface area contributed by atoms with Crippen molar-refractivity contribution >= 4 is 38.3 Å². The predicted molar refractivity (Wildman–Crippen MR) is 85.9 cm³/mol. The molecule has 3 N–H and O–H groups in total. The van der Waals surface area contributed by atoms with Gasteiger partial charge < -0.3 is 5.32 Å². The number of rotatable bonds is 6. The number of sulfonamides is 1. The second-order valence-electron chi connectivity index (χ2n) is 4.09. The lowest BCUT2D eigenvalue weighted by atomic mass is 10.3. The lowest BCUT2D eigenvalue weighted by molar-refractivity contribution is 0.594. The molecule has 0 bridgehead atoms. The topological polar surface area (TPSA) is 86.9 Å². The molecule has 2 rings (SSSR count). The highest BCUT2D eigenvalue weighted by atomic mass is 127. The van der Waals surface area contributed by atoms with Crippen LogP contribution in [0.4, 0.5) is 5.69 Å². The van der Waals surface area contributed by atoms with E-state index in [4.69, 9.17) is 0 Å². The number of benzene rings is 1. The SMILES string of the molecule is CCNCc1cn[nH]c1S(=O)(=O)Nc1ccccc1I. The minimum atomic E-state index is -3.67. The second-order valence-corrected chi connectivity index (χ2v) is 6.87. The van der Waals surface area contributed by atoms with Crippen LogP contribution in [0.15, 0.2) is 35.5 Å². The van der Waals surface area contributed by atoms with Gasteiger partial charge in [0.1, 0.15) is 0 Å². The molecule has 0 radical (unpaired) electrons. The van der Waals surface area contributed by atoms with Crippen molar-refractivity contribution in [3.05, 3.63) is 39.6 Å². The highest BCUT2D eigenvalue weighted by Crippen LogP contribution is 2.21. The summed E-state index contributed by atoms with van der Waals surface area (Å²) in [5, 5.41) is 9.55. The molecule has 0 fully saturated rings. The fraction of sp³-hybridized carbons (Fsp3) is 0.250. The summed E-state index contributed by atoms with van der Waals surface area (Å²) in [6.45, 7) is 3.17. The van der Waals surface area contributed by atoms with Gasteiger partial charge in [-0.25, -0.2) is 0 Å². The zero-order chi connectivity index (χ0) is 14.6. The number of H-pyrrole nitrogens is 1. The van der Waals surface area contributed by atoms with Crippen LogP contribution < -0.4 is 10.0 Å². The van der Waals surface area contributed by atoms with Crippen LogP contribution in [0.2, 0.25) is 0 Å². The zero-order valence-corrected chi connectivity index (χ0v) is 13.8. The highest BCUT2D eigenvalue weighted by Gasteiger charge is 2.21. The molecule has 108 valence electrons. The maximum atomic E-state index is 12.4. The fourth-order valence-corrected chi connectivity index (χ4v) is 3.58. The molecule has 0 saturated heterocycles. The summed E-state index contributed by atoms with van der Waals surface area (Å²) in [6, 6.07) is 7.20. The molecular weight excluding hydrogens is 391 g/mol. The van der Waals surface area contributed by atoms with Crippen LogP contribution in [0.3, 0.4) is 0 Å². The summed E-state index contributed by atoms with van der Waals surface area (Å²) in [4.78, 5) is 0. The Bertz CT molecular complexity index is 684. The van der Waals surface area contributed by atoms with Crippen LogP contribution in [0.25, 0.3) is 0 Å². The zero-order valence-electron chi connectivity index (χ0n) is 10.9. The van der Waals surface area contributed by atoms with Gasteiger partial charge in [-0.3, -0.25) is 9.82 Å². The number of halogens is 1. The standard InChI is InChI=1S/C12H15IN4O2S/c1-2-14-7-9-8-15-16-12(9)20(18,19)17-11-6-4-3-5-10(11)13/h3-6,8,14,17H,2,7H2,1H3,(H,15,16). The molecule has 0 aliphatic heterocycles. The number of nitrogens with zero attached hydrogens (tertiary/aromatic N) is 1. The molecular formula is C12H15IN4O2S. The van der Waals surface area contributed by atoms with E-state index >= 15 is 0 Å². The maximum absolute atomic E-state index is 12.4. The van der Waals surface area contributed by atoms with E-state index in [1.165, 1.54) is 6.20 Å². The van der Waals surface area contributed by atoms with Crippen LogP contribution in [0, 0.1) is 3.57 Å². The first-order chi connectivity index (χ1) is 9.54. The van der Waals surface area contributed by atoms with E-state index in [9.17, 15) is 8.42 Å². The van der Waals surface area contributed by atoms with E-state index in [2.05, 4.69) is 42.8 Å². The second kappa shape index (κ2) is 6.55. The molecule has 8 heteroatoms. The first kappa shape index (κ1) is 15.3. The third-order valence-electron chi connectivity index (χ3n) is 2.63. The number of hydrogen-bond acceptors (Lipinski definition) is 4. The minimum absolute atomic E-state index is 0.0955. The van der Waals surface area contributed by atoms with Crippen molar-refractivity contribution in [2.45, 2.75) is 18.5 Å². The lowest BCUT2D eigenvalue weighted by Crippen LogP contribution is -2.19. The van der Waals surface area contributed by atoms with Crippen molar-refractivity contribution in [3.8, 4) is 0 Å². The van der Waals surface area contributed by atoms with Crippen molar-refractivity contribution in [2.75, 3.05) is 11.3 Å². The Morgan fingerprint density at radius 1 is 1.35 bits per heavy atom. The minimum Gasteiger partial charge on any atom is -0.313 e. The van der Waals surface area contributed by atoms with E-state index in [1.807, 2.05) is 19.1 Å². The Labute approximate surface area is 131 Å². The van der Waals surface area contributed by atoms with Gasteiger partial charge in [-0.1, -0.05) is 19.1 Å². The van der Waals surface area contributed by atoms with Crippen LogP contribution in [-0.4, -0.2) is 25.2 Å². The summed E-state index contributed by atoms with van der Waals surface area (Å²) in [6.07, 6.45) is 1.52. The van der Waals surface area contributed by atoms with Gasteiger partial charge in [-0.2, -0.15) is 13.5 Å². The molecule has 1 aromatic carbocycles. The monoisotopic (exact) mass is 406 g/mol. The molecule has 6 nitrogen and oxygen atoms in total. The smallest absolute Gasteiger partial charge is 0.279 e. The van der Waals surface area contributed by atoms with Crippen LogP contribution in [-0.2, 0) is 16.6 Å². The van der Waals surface area contributed by atoms with Gasteiger partial charge in [-0.15, -0.1) is 0 Å². The van der Waals surface area contributed by atoms with Crippen molar-refractivity contribution < 1.29 is 8.42 Å². The summed E-state index contributed by atoms with van der Waals surface area (Å²) in [7, 11) is -3.67. The van der Waals surface area contributed by atoms with Gasteiger partial charge in [0.05, 0.1) is 11.9 Å². The van der Waals surface area contributed by atoms with Gasteiger partial charge >= 0.3 is 0 Å². The van der Waals surface area contributed by atoms with Gasteiger partial charge in [0.15, 0.2) is 5.03 Å². The molecule has 2 aromatic rings. The highest BCUT2D eigenvalue weighted by molar-refractivity contribution is 14.1. The molecule has 0 amide bonds. The Hall–Kier alpha value is -1.13. The molecule has 0 aliphatic carbocycles. The van der Waals surface area contributed by atoms with E-state index in [1.54, 1.807) is 12.1 Å². The van der Waals surface area contributed by atoms with Crippen LogP contribution in [0.5, 0.6) is 0 Å². The van der Waals surface area contributed by atoms with Gasteiger partial charge in [-0.05, 0) is 41.3 Å². The third kappa shape index (κ3) is 3.49. The third-order valence-corrected chi connectivity index (χ3v) is 4.95. The van der Waals surface area contributed by atoms with Gasteiger partial charge in [0.25, 0.3) is 10.0 Å². The van der Waals surface area contributed by atoms with Gasteiger partial charge in [0, 0.05) is 15.7 Å². The largest absolute Gasteiger partial charge is 0.313 e. The summed E-state index contributed by atoms with van der Waals surface area (Å²) in [5.74, 6) is 0. The van der Waals surface area contributed by atoms with E-state index in [0.717, 1.165) is 10.1 Å². The average Bonchev–Trinajstić information content (AvgIpc) is 2.88. The van der Waals surface area contributed by atoms with Crippen molar-refractivity contribution in [2.24, 2.45) is 0 Å². The van der Waals surface area contributed by atoms with E-state index in [0.29, 0.717) is 17.8 Å². The Morgan fingerprint density at radius 2 is 2.10 bits per heavy atom. The summed E-state index contributed by atoms with van der Waals surface area (Å²) in [5.41, 5.74) is 1.17. The van der Waals surface area contributed by atoms with Crippen LogP contribution >= 0.6 is 22.6 Å². The Morgan fingerprint density at radius 3 is 2.80 bits per heavy atom. The Balaban J connectivity index is 2.27. The summed E-state index contributed by atoms with van der Waals surface area (Å²) < 4.78 is 28.2. The quantitative estimate of drug-likeness (QED) is 0.640. The number of nitrogens with one attached hydrogen (secondary N) is 3. The first-order valence-corrected chi connectivity index (χ1v) is 8.61. The number of hydrogen-bond donors (Lipinski definition) is 3. The predicted octanol–water partition coefficient (Wildman–Crippen LogP) is 1.92. The van der Waals surface area contributed by atoms with Crippen LogP contribution in [0.1, 0.15) is 12.5 Å². The van der Waals surface area contributed by atoms with Crippen molar-refractivity contribution in [1.29, 1.82) is 0 Å². The number of aromatic nitrogens is 2. The molecule has 1 heterocycles. The van der Waals surface area contributed by atoms with Crippen molar-refractivity contribution in [3.63, 3.8) is 0 Å². The van der Waals surface area contributed by atoms with Gasteiger partial charge in [0.2, 0.25) is 0 Å². The number of aromatic amines is 1. The first-order valence-electron chi connectivity index (χ1n) is 6.05. The molecule has 20 heavy (non-hydrogen) atoms. The Kier molecular flexibility index (Phi) is 5.00. The molecule has 0 aliphatic rings. The molecule has 0 saturated carbocycles. The molecule has 0 spiro atoms. The lowest BCUT2D eigenvalue weighted by Gasteiger charge is -2.09. The molecule has 1 aromatic heterocycles. The number of para-hydroxylation sites is 1. The van der Waals surface area contributed by atoms with E-state index in [-0.39, 0.29) is 5.03 Å². The molecule has 0 unspecified atom stereocenters. The molecule has 0 atom stereocenters. The maximum Gasteiger partial charge on any atom is 0.279 e. The average molecular weight is 406 g/mol. The summed E-state index contributed by atoms with van der Waals surface area (Å²) >= 11 is 2.08.